The van der Waals surface area contributed by atoms with Crippen LogP contribution >= 0.6 is 0 Å². The molecule has 17 heavy (non-hydrogen) atoms. The van der Waals surface area contributed by atoms with Gasteiger partial charge in [0.25, 0.3) is 0 Å². The average Bonchev–Trinajstić information content (AvgIpc) is 2.08. The van der Waals surface area contributed by atoms with Crippen molar-refractivity contribution in [1.29, 1.82) is 0 Å². The number of nitrogens with two attached hydrogens (primary N) is 1. The van der Waals surface area contributed by atoms with Crippen LogP contribution in [0.2, 0.25) is 0 Å². The highest BCUT2D eigenvalue weighted by Gasteiger charge is 2.27. The van der Waals surface area contributed by atoms with Crippen LogP contribution in [-0.4, -0.2) is 60.9 Å². The fourth-order valence-electron chi connectivity index (χ4n) is 1.01. The van der Waals surface area contributed by atoms with Gasteiger partial charge in [-0.25, -0.2) is 0 Å². The van der Waals surface area contributed by atoms with E-state index in [0.29, 0.717) is 0 Å². The number of halogens is 3. The molecule has 0 aromatic heterocycles. The number of carboxylic acid groups (broad SMARTS) is 1. The summed E-state index contributed by atoms with van der Waals surface area (Å²) in [5.74, 6) is -1.97. The first kappa shape index (κ1) is 15.7. The smallest absolute Gasteiger partial charge is 0.411 e. The molecule has 1 amide bonds. The first-order valence-corrected chi connectivity index (χ1v) is 4.57. The summed E-state index contributed by atoms with van der Waals surface area (Å²) in [5.41, 5.74) is 4.85. The van der Waals surface area contributed by atoms with Gasteiger partial charge in [0.2, 0.25) is 5.91 Å². The minimum absolute atomic E-state index is 0.120. The molecule has 0 saturated carbocycles. The van der Waals surface area contributed by atoms with Crippen LogP contribution in [0.1, 0.15) is 0 Å². The first-order valence-electron chi connectivity index (χ1n) is 4.57. The zero-order valence-electron chi connectivity index (χ0n) is 8.87. The van der Waals surface area contributed by atoms with Crippen LogP contribution in [-0.2, 0) is 14.3 Å². The van der Waals surface area contributed by atoms with Crippen LogP contribution in [0.15, 0.2) is 0 Å². The highest BCUT2D eigenvalue weighted by Crippen LogP contribution is 2.14. The third-order valence-corrected chi connectivity index (χ3v) is 1.56. The van der Waals surface area contributed by atoms with Crippen molar-refractivity contribution in [2.75, 3.05) is 32.8 Å². The number of aliphatic carboxylic acids is 1. The molecule has 0 atom stereocenters. The molecule has 0 unspecified atom stereocenters. The molecular formula is C8H13F3N2O4. The third-order valence-electron chi connectivity index (χ3n) is 1.56. The van der Waals surface area contributed by atoms with Gasteiger partial charge in [-0.3, -0.25) is 14.5 Å². The van der Waals surface area contributed by atoms with E-state index in [1.807, 2.05) is 0 Å². The molecule has 0 spiro atoms. The largest absolute Gasteiger partial charge is 0.480 e. The summed E-state index contributed by atoms with van der Waals surface area (Å²) >= 11 is 0. The number of nitrogens with zero attached hydrogens (tertiary/aromatic N) is 1. The van der Waals surface area contributed by atoms with E-state index in [0.717, 1.165) is 4.90 Å². The van der Waals surface area contributed by atoms with E-state index in [2.05, 4.69) is 4.74 Å². The number of carbonyl (C=O) groups is 2. The van der Waals surface area contributed by atoms with E-state index in [-0.39, 0.29) is 19.7 Å². The van der Waals surface area contributed by atoms with Crippen LogP contribution in [0.25, 0.3) is 0 Å². The van der Waals surface area contributed by atoms with Crippen molar-refractivity contribution in [2.45, 2.75) is 6.18 Å². The Morgan fingerprint density at radius 3 is 2.29 bits per heavy atom. The molecule has 0 heterocycles. The number of hydrogen-bond donors (Lipinski definition) is 2. The van der Waals surface area contributed by atoms with Crippen molar-refractivity contribution in [3.63, 3.8) is 0 Å². The Hall–Kier alpha value is -1.35. The normalized spacial score (nSPS) is 11.8. The third kappa shape index (κ3) is 10.9. The highest BCUT2D eigenvalue weighted by molar-refractivity contribution is 5.77. The summed E-state index contributed by atoms with van der Waals surface area (Å²) in [6.07, 6.45) is -4.43. The lowest BCUT2D eigenvalue weighted by Crippen LogP contribution is -2.39. The van der Waals surface area contributed by atoms with Gasteiger partial charge in [-0.05, 0) is 0 Å². The molecule has 9 heteroatoms. The van der Waals surface area contributed by atoms with E-state index in [1.165, 1.54) is 0 Å². The Balaban J connectivity index is 3.91. The van der Waals surface area contributed by atoms with E-state index < -0.39 is 31.2 Å². The predicted molar refractivity (Wildman–Crippen MR) is 50.1 cm³/mol. The second-order valence-electron chi connectivity index (χ2n) is 3.24. The van der Waals surface area contributed by atoms with Gasteiger partial charge in [-0.2, -0.15) is 13.2 Å². The van der Waals surface area contributed by atoms with Gasteiger partial charge in [0.05, 0.1) is 19.7 Å². The van der Waals surface area contributed by atoms with Crippen molar-refractivity contribution in [1.82, 2.24) is 4.90 Å². The second kappa shape index (κ2) is 7.07. The molecule has 0 saturated heterocycles. The number of ether oxygens (including phenoxy) is 1. The molecule has 0 aliphatic rings. The molecule has 0 aromatic carbocycles. The van der Waals surface area contributed by atoms with Crippen molar-refractivity contribution in [2.24, 2.45) is 5.73 Å². The number of amides is 1. The van der Waals surface area contributed by atoms with Gasteiger partial charge in [0.1, 0.15) is 6.61 Å². The van der Waals surface area contributed by atoms with Crippen LogP contribution in [0.5, 0.6) is 0 Å². The quantitative estimate of drug-likeness (QED) is 0.569. The van der Waals surface area contributed by atoms with Crippen molar-refractivity contribution in [3.05, 3.63) is 0 Å². The Bertz CT molecular complexity index is 254. The summed E-state index contributed by atoms with van der Waals surface area (Å²) in [6, 6.07) is 0. The number of hydrogen-bond acceptors (Lipinski definition) is 4. The van der Waals surface area contributed by atoms with Gasteiger partial charge >= 0.3 is 12.1 Å². The minimum Gasteiger partial charge on any atom is -0.480 e. The van der Waals surface area contributed by atoms with Crippen molar-refractivity contribution < 1.29 is 32.6 Å². The van der Waals surface area contributed by atoms with E-state index in [4.69, 9.17) is 10.8 Å². The molecular weight excluding hydrogens is 245 g/mol. The number of primary amides is 1. The Morgan fingerprint density at radius 2 is 1.88 bits per heavy atom. The van der Waals surface area contributed by atoms with Gasteiger partial charge in [0, 0.05) is 6.54 Å². The number of carboxylic acids is 1. The highest BCUT2D eigenvalue weighted by atomic mass is 19.4. The van der Waals surface area contributed by atoms with E-state index in [1.54, 1.807) is 0 Å². The van der Waals surface area contributed by atoms with Crippen LogP contribution in [0.3, 0.4) is 0 Å². The number of rotatable bonds is 8. The summed E-state index contributed by atoms with van der Waals surface area (Å²) in [5, 5.41) is 8.47. The van der Waals surface area contributed by atoms with Crippen LogP contribution in [0, 0.1) is 0 Å². The lowest BCUT2D eigenvalue weighted by Gasteiger charge is -2.18. The lowest BCUT2D eigenvalue weighted by atomic mass is 10.4. The summed E-state index contributed by atoms with van der Waals surface area (Å²) in [6.45, 7) is -2.70. The van der Waals surface area contributed by atoms with Crippen molar-refractivity contribution >= 4 is 11.9 Å². The topological polar surface area (TPSA) is 92.9 Å². The molecule has 0 aliphatic heterocycles. The van der Waals surface area contributed by atoms with Gasteiger partial charge in [-0.1, -0.05) is 0 Å². The molecule has 3 N–H and O–H groups in total. The predicted octanol–water partition coefficient (Wildman–Crippen LogP) is -0.563. The Labute approximate surface area is 95.1 Å². The molecule has 0 radical (unpaired) electrons. The molecule has 0 aromatic rings. The molecule has 0 fully saturated rings. The first-order chi connectivity index (χ1) is 7.70. The molecule has 100 valence electrons. The maximum atomic E-state index is 11.7. The SMILES string of the molecule is NC(=O)CN(CCOCC(F)(F)F)CC(=O)O. The zero-order valence-corrected chi connectivity index (χ0v) is 8.87. The zero-order chi connectivity index (χ0) is 13.5. The Morgan fingerprint density at radius 1 is 1.29 bits per heavy atom. The maximum absolute atomic E-state index is 11.7. The van der Waals surface area contributed by atoms with Crippen LogP contribution in [0.4, 0.5) is 13.2 Å². The Kier molecular flexibility index (Phi) is 6.51. The monoisotopic (exact) mass is 258 g/mol. The summed E-state index contributed by atoms with van der Waals surface area (Å²) in [4.78, 5) is 22.0. The standard InChI is InChI=1S/C8H13F3N2O4/c9-8(10,11)5-17-2-1-13(3-6(12)14)4-7(15)16/h1-5H2,(H2,12,14)(H,15,16). The van der Waals surface area contributed by atoms with Gasteiger partial charge in [0.15, 0.2) is 0 Å². The maximum Gasteiger partial charge on any atom is 0.411 e. The van der Waals surface area contributed by atoms with E-state index >= 15 is 0 Å². The van der Waals surface area contributed by atoms with E-state index in [9.17, 15) is 22.8 Å². The summed E-state index contributed by atoms with van der Waals surface area (Å²) < 4.78 is 39.4. The molecule has 0 bridgehead atoms. The van der Waals surface area contributed by atoms with Crippen LogP contribution < -0.4 is 5.73 Å². The summed E-state index contributed by atoms with van der Waals surface area (Å²) in [7, 11) is 0. The average molecular weight is 258 g/mol. The molecule has 0 aliphatic carbocycles. The molecule has 6 nitrogen and oxygen atoms in total. The van der Waals surface area contributed by atoms with Gasteiger partial charge in [-0.15, -0.1) is 0 Å². The lowest BCUT2D eigenvalue weighted by molar-refractivity contribution is -0.175. The fraction of sp³-hybridized carbons (Fsp3) is 0.750. The minimum atomic E-state index is -4.43. The fourth-order valence-corrected chi connectivity index (χ4v) is 1.01. The van der Waals surface area contributed by atoms with Gasteiger partial charge < -0.3 is 15.6 Å². The second-order valence-corrected chi connectivity index (χ2v) is 3.24. The molecule has 0 rings (SSSR count). The van der Waals surface area contributed by atoms with Crippen molar-refractivity contribution in [3.8, 4) is 0 Å². The number of alkyl halides is 3. The number of carbonyl (C=O) groups excluding carboxylic acids is 1.